The van der Waals surface area contributed by atoms with Gasteiger partial charge in [-0.3, -0.25) is 14.0 Å². The first-order valence-corrected chi connectivity index (χ1v) is 14.9. The Bertz CT molecular complexity index is 2550. The molecule has 0 saturated heterocycles. The lowest BCUT2D eigenvalue weighted by Gasteiger charge is -2.05. The number of para-hydroxylation sites is 6. The highest BCUT2D eigenvalue weighted by atomic mass is 16.3. The quantitative estimate of drug-likeness (QED) is 0.213. The Morgan fingerprint density at radius 2 is 1.25 bits per heavy atom. The van der Waals surface area contributed by atoms with Gasteiger partial charge in [-0.2, -0.15) is 0 Å². The van der Waals surface area contributed by atoms with Gasteiger partial charge in [0.1, 0.15) is 5.58 Å². The zero-order valence-electron chi connectivity index (χ0n) is 24.4. The molecule has 0 amide bonds. The molecule has 212 valence electrons. The topological polar surface area (TPSA) is 64.0 Å². The van der Waals surface area contributed by atoms with E-state index in [0.29, 0.717) is 0 Å². The van der Waals surface area contributed by atoms with Gasteiger partial charge in [0.15, 0.2) is 5.58 Å². The second-order valence-corrected chi connectivity index (χ2v) is 10.4. The number of nitrogens with one attached hydrogen (secondary N) is 1. The monoisotopic (exact) mass is 571 g/mol. The molecule has 1 N–H and O–H groups in total. The third-order valence-corrected chi connectivity index (χ3v) is 8.04. The Hall–Kier alpha value is -5.88. The number of hydrogen-bond donors (Lipinski definition) is 1. The third kappa shape index (κ3) is 3.96. The standard InChI is InChI=1S/C24H14N4O.C12H9N.C2H6/c1-2-6-19-18(5-1)26-24-27(20-7-3-4-8-21(20)28(19)24)15-9-10-22-17(13-15)16-11-12-25-14-23(16)29-22;1-3-7-11-9(5-1)10-6-2-4-8-12(10)13-11;1-2/h1-14H;1-8,13H;1-2H3. The Labute approximate surface area is 252 Å². The molecule has 10 rings (SSSR count). The zero-order valence-corrected chi connectivity index (χ0v) is 24.4. The maximum absolute atomic E-state index is 5.96. The fourth-order valence-electron chi connectivity index (χ4n) is 6.16. The Morgan fingerprint density at radius 1 is 0.591 bits per heavy atom. The van der Waals surface area contributed by atoms with E-state index in [0.717, 1.165) is 55.5 Å². The lowest BCUT2D eigenvalue weighted by Crippen LogP contribution is -1.94. The summed E-state index contributed by atoms with van der Waals surface area (Å²) in [5.41, 5.74) is 9.49. The molecule has 0 bridgehead atoms. The molecule has 0 unspecified atom stereocenters. The number of benzene rings is 5. The van der Waals surface area contributed by atoms with Gasteiger partial charge in [-0.1, -0.05) is 74.5 Å². The number of H-pyrrole nitrogens is 1. The first kappa shape index (κ1) is 25.8. The van der Waals surface area contributed by atoms with Crippen molar-refractivity contribution < 1.29 is 4.42 Å². The predicted molar refractivity (Wildman–Crippen MR) is 182 cm³/mol. The van der Waals surface area contributed by atoms with E-state index in [4.69, 9.17) is 9.40 Å². The van der Waals surface area contributed by atoms with E-state index in [9.17, 15) is 0 Å². The largest absolute Gasteiger partial charge is 0.454 e. The van der Waals surface area contributed by atoms with Crippen molar-refractivity contribution in [2.24, 2.45) is 0 Å². The summed E-state index contributed by atoms with van der Waals surface area (Å²) in [4.78, 5) is 12.5. The molecule has 0 spiro atoms. The average Bonchev–Trinajstić information content (AvgIpc) is 3.84. The summed E-state index contributed by atoms with van der Waals surface area (Å²) in [5.74, 6) is 0.904. The molecule has 44 heavy (non-hydrogen) atoms. The summed E-state index contributed by atoms with van der Waals surface area (Å²) in [6.07, 6.45) is 3.56. The Balaban J connectivity index is 0.000000161. The minimum Gasteiger partial charge on any atom is -0.454 e. The first-order valence-electron chi connectivity index (χ1n) is 14.9. The molecular formula is C38H29N5O. The zero-order chi connectivity index (χ0) is 29.6. The number of imidazole rings is 2. The molecule has 5 heterocycles. The summed E-state index contributed by atoms with van der Waals surface area (Å²) >= 11 is 0. The number of hydrogen-bond acceptors (Lipinski definition) is 3. The van der Waals surface area contributed by atoms with Crippen LogP contribution in [0.1, 0.15) is 13.8 Å². The molecule has 0 atom stereocenters. The minimum atomic E-state index is 0.800. The third-order valence-electron chi connectivity index (χ3n) is 8.04. The highest BCUT2D eigenvalue weighted by Gasteiger charge is 2.17. The molecule has 0 aliphatic heterocycles. The molecule has 0 radical (unpaired) electrons. The van der Waals surface area contributed by atoms with Gasteiger partial charge in [0.2, 0.25) is 5.78 Å². The van der Waals surface area contributed by atoms with Crippen molar-refractivity contribution in [2.75, 3.05) is 0 Å². The molecule has 6 nitrogen and oxygen atoms in total. The van der Waals surface area contributed by atoms with Crippen LogP contribution >= 0.6 is 0 Å². The van der Waals surface area contributed by atoms with Gasteiger partial charge >= 0.3 is 0 Å². The van der Waals surface area contributed by atoms with E-state index in [1.54, 1.807) is 12.4 Å². The molecule has 0 aliphatic carbocycles. The maximum Gasteiger partial charge on any atom is 0.220 e. The van der Waals surface area contributed by atoms with Crippen LogP contribution in [0.2, 0.25) is 0 Å². The van der Waals surface area contributed by atoms with Crippen LogP contribution in [-0.2, 0) is 0 Å². The van der Waals surface area contributed by atoms with Crippen molar-refractivity contribution in [1.29, 1.82) is 0 Å². The Morgan fingerprint density at radius 3 is 2.02 bits per heavy atom. The summed E-state index contributed by atoms with van der Waals surface area (Å²) in [5, 5.41) is 4.75. The minimum absolute atomic E-state index is 0.800. The summed E-state index contributed by atoms with van der Waals surface area (Å²) in [7, 11) is 0. The fourth-order valence-corrected chi connectivity index (χ4v) is 6.16. The van der Waals surface area contributed by atoms with Crippen molar-refractivity contribution in [3.05, 3.63) is 134 Å². The number of furan rings is 1. The van der Waals surface area contributed by atoms with Crippen LogP contribution in [0.25, 0.3) is 77.3 Å². The smallest absolute Gasteiger partial charge is 0.220 e. The molecule has 5 aromatic heterocycles. The lowest BCUT2D eigenvalue weighted by atomic mass is 10.1. The second-order valence-electron chi connectivity index (χ2n) is 10.4. The van der Waals surface area contributed by atoms with E-state index >= 15 is 0 Å². The molecular weight excluding hydrogens is 542 g/mol. The van der Waals surface area contributed by atoms with Crippen molar-refractivity contribution >= 4 is 71.6 Å². The number of aromatic nitrogens is 5. The molecule has 0 fully saturated rings. The van der Waals surface area contributed by atoms with Gasteiger partial charge in [-0.25, -0.2) is 4.98 Å². The first-order chi connectivity index (χ1) is 21.8. The summed E-state index contributed by atoms with van der Waals surface area (Å²) < 4.78 is 10.4. The Kier molecular flexibility index (Phi) is 6.12. The van der Waals surface area contributed by atoms with Gasteiger partial charge in [-0.05, 0) is 60.7 Å². The van der Waals surface area contributed by atoms with E-state index in [-0.39, 0.29) is 0 Å². The maximum atomic E-state index is 5.96. The second kappa shape index (κ2) is 10.4. The van der Waals surface area contributed by atoms with Gasteiger partial charge in [0.05, 0.1) is 34.0 Å². The van der Waals surface area contributed by atoms with Crippen molar-refractivity contribution in [2.45, 2.75) is 13.8 Å². The van der Waals surface area contributed by atoms with Crippen LogP contribution in [0.3, 0.4) is 0 Å². The number of aromatic amines is 1. The molecule has 0 aliphatic rings. The number of rotatable bonds is 1. The summed E-state index contributed by atoms with van der Waals surface area (Å²) in [6.45, 7) is 4.00. The fraction of sp³-hybridized carbons (Fsp3) is 0.0526. The molecule has 0 saturated carbocycles. The normalized spacial score (nSPS) is 11.4. The van der Waals surface area contributed by atoms with Crippen LogP contribution in [0.5, 0.6) is 0 Å². The number of pyridine rings is 1. The highest BCUT2D eigenvalue weighted by molar-refractivity contribution is 6.07. The SMILES string of the molecule is CC.c1ccc2c(c1)[nH]c1ccccc12.c1ccc2c(c1)nc1n(-c3ccc4oc5cnccc5c4c3)c3ccccc3n21. The van der Waals surface area contributed by atoms with Crippen molar-refractivity contribution in [1.82, 2.24) is 23.9 Å². The molecule has 6 heteroatoms. The predicted octanol–water partition coefficient (Wildman–Crippen LogP) is 10.1. The van der Waals surface area contributed by atoms with E-state index < -0.39 is 0 Å². The lowest BCUT2D eigenvalue weighted by molar-refractivity contribution is 0.667. The van der Waals surface area contributed by atoms with Gasteiger partial charge in [0.25, 0.3) is 0 Å². The number of nitrogens with zero attached hydrogens (tertiary/aromatic N) is 4. The van der Waals surface area contributed by atoms with E-state index in [2.05, 4.69) is 122 Å². The summed E-state index contributed by atoms with van der Waals surface area (Å²) in [6, 6.07) is 41.7. The highest BCUT2D eigenvalue weighted by Crippen LogP contribution is 2.33. The van der Waals surface area contributed by atoms with Gasteiger partial charge in [-0.15, -0.1) is 0 Å². The van der Waals surface area contributed by atoms with Gasteiger partial charge in [0, 0.05) is 38.8 Å². The van der Waals surface area contributed by atoms with Crippen molar-refractivity contribution in [3.63, 3.8) is 0 Å². The van der Waals surface area contributed by atoms with E-state index in [1.165, 1.54) is 21.8 Å². The van der Waals surface area contributed by atoms with Crippen molar-refractivity contribution in [3.8, 4) is 5.69 Å². The van der Waals surface area contributed by atoms with Crippen LogP contribution < -0.4 is 0 Å². The van der Waals surface area contributed by atoms with Crippen LogP contribution in [0.15, 0.2) is 138 Å². The van der Waals surface area contributed by atoms with Gasteiger partial charge < -0.3 is 9.40 Å². The molecule has 5 aromatic carbocycles. The van der Waals surface area contributed by atoms with Crippen LogP contribution in [0, 0.1) is 0 Å². The molecule has 10 aromatic rings. The van der Waals surface area contributed by atoms with Crippen LogP contribution in [-0.4, -0.2) is 23.9 Å². The average molecular weight is 572 g/mol. The number of fused-ring (bicyclic) bond motifs is 11. The van der Waals surface area contributed by atoms with E-state index in [1.807, 2.05) is 32.0 Å². The van der Waals surface area contributed by atoms with Crippen LogP contribution in [0.4, 0.5) is 0 Å².